The van der Waals surface area contributed by atoms with Crippen molar-refractivity contribution in [3.8, 4) is 0 Å². The molecule has 20 heavy (non-hydrogen) atoms. The molecular formula is C13H11ClN2O4. The van der Waals surface area contributed by atoms with E-state index in [0.717, 1.165) is 5.56 Å². The third kappa shape index (κ3) is 2.22. The first kappa shape index (κ1) is 12.9. The highest BCUT2D eigenvalue weighted by atomic mass is 35.5. The number of carbonyl (C=O) groups excluding carboxylic acids is 2. The van der Waals surface area contributed by atoms with Gasteiger partial charge in [-0.3, -0.25) is 14.4 Å². The molecule has 0 bridgehead atoms. The number of rotatable bonds is 3. The SMILES string of the molecule is O=C1Cc2cc(NC(=O)[C@@H]3C[C@@H]3C(=O)O)c(Cl)cc2N1. The fraction of sp³-hybridized carbons (Fsp3) is 0.308. The summed E-state index contributed by atoms with van der Waals surface area (Å²) in [5, 5.41) is 14.4. The summed E-state index contributed by atoms with van der Waals surface area (Å²) in [6.07, 6.45) is 0.598. The average Bonchev–Trinajstić information content (AvgIpc) is 3.08. The molecule has 1 aromatic rings. The van der Waals surface area contributed by atoms with Gasteiger partial charge < -0.3 is 15.7 Å². The quantitative estimate of drug-likeness (QED) is 0.787. The number of hydrogen-bond donors (Lipinski definition) is 3. The molecule has 1 saturated carbocycles. The topological polar surface area (TPSA) is 95.5 Å². The Morgan fingerprint density at radius 1 is 1.35 bits per heavy atom. The Kier molecular flexibility index (Phi) is 2.90. The van der Waals surface area contributed by atoms with E-state index < -0.39 is 17.8 Å². The fourth-order valence-electron chi connectivity index (χ4n) is 2.33. The van der Waals surface area contributed by atoms with Gasteiger partial charge in [-0.2, -0.15) is 0 Å². The van der Waals surface area contributed by atoms with E-state index in [1.54, 1.807) is 12.1 Å². The molecule has 0 radical (unpaired) electrons. The van der Waals surface area contributed by atoms with Crippen molar-refractivity contribution < 1.29 is 19.5 Å². The molecule has 0 saturated heterocycles. The number of benzene rings is 1. The first-order valence-corrected chi connectivity index (χ1v) is 6.49. The van der Waals surface area contributed by atoms with Crippen molar-refractivity contribution in [3.63, 3.8) is 0 Å². The van der Waals surface area contributed by atoms with E-state index in [1.807, 2.05) is 0 Å². The van der Waals surface area contributed by atoms with Gasteiger partial charge in [-0.25, -0.2) is 0 Å². The number of amides is 2. The van der Waals surface area contributed by atoms with Crippen molar-refractivity contribution in [2.45, 2.75) is 12.8 Å². The number of carboxylic acids is 1. The summed E-state index contributed by atoms with van der Waals surface area (Å²) in [5.74, 6) is -2.53. The summed E-state index contributed by atoms with van der Waals surface area (Å²) < 4.78 is 0. The van der Waals surface area contributed by atoms with Gasteiger partial charge in [0.25, 0.3) is 0 Å². The monoisotopic (exact) mass is 294 g/mol. The van der Waals surface area contributed by atoms with Gasteiger partial charge in [-0.05, 0) is 24.1 Å². The molecule has 3 N–H and O–H groups in total. The molecule has 1 fully saturated rings. The maximum absolute atomic E-state index is 11.9. The third-order valence-electron chi connectivity index (χ3n) is 3.52. The minimum Gasteiger partial charge on any atom is -0.481 e. The molecule has 6 nitrogen and oxygen atoms in total. The number of hydrogen-bond acceptors (Lipinski definition) is 3. The highest BCUT2D eigenvalue weighted by Crippen LogP contribution is 2.40. The number of halogens is 1. The standard InChI is InChI=1S/C13H11ClN2O4/c14-8-4-9-5(2-11(17)15-9)1-10(8)16-12(18)6-3-7(6)13(19)20/h1,4,6-7H,2-3H2,(H,15,17)(H,16,18)(H,19,20)/t6-,7+/m1/s1. The number of carboxylic acid groups (broad SMARTS) is 1. The molecule has 2 aliphatic rings. The summed E-state index contributed by atoms with van der Waals surface area (Å²) in [7, 11) is 0. The van der Waals surface area contributed by atoms with Gasteiger partial charge in [0.2, 0.25) is 11.8 Å². The van der Waals surface area contributed by atoms with E-state index in [9.17, 15) is 14.4 Å². The minimum absolute atomic E-state index is 0.118. The summed E-state index contributed by atoms with van der Waals surface area (Å²) >= 11 is 6.04. The highest BCUT2D eigenvalue weighted by Gasteiger charge is 2.48. The van der Waals surface area contributed by atoms with Gasteiger partial charge in [-0.15, -0.1) is 0 Å². The van der Waals surface area contributed by atoms with E-state index in [2.05, 4.69) is 10.6 Å². The highest BCUT2D eigenvalue weighted by molar-refractivity contribution is 6.34. The molecule has 0 spiro atoms. The van der Waals surface area contributed by atoms with Gasteiger partial charge in [0.1, 0.15) is 0 Å². The Bertz CT molecular complexity index is 644. The molecule has 1 aliphatic carbocycles. The van der Waals surface area contributed by atoms with Crippen molar-refractivity contribution in [2.75, 3.05) is 10.6 Å². The van der Waals surface area contributed by atoms with Gasteiger partial charge in [0.05, 0.1) is 29.0 Å². The zero-order valence-corrected chi connectivity index (χ0v) is 11.0. The number of aliphatic carboxylic acids is 1. The van der Waals surface area contributed by atoms with Crippen LogP contribution in [0.2, 0.25) is 5.02 Å². The summed E-state index contributed by atoms with van der Waals surface area (Å²) in [4.78, 5) is 33.9. The van der Waals surface area contributed by atoms with Crippen LogP contribution in [-0.2, 0) is 20.8 Å². The second-order valence-electron chi connectivity index (χ2n) is 4.99. The van der Waals surface area contributed by atoms with Crippen LogP contribution in [0.15, 0.2) is 12.1 Å². The fourth-order valence-corrected chi connectivity index (χ4v) is 2.54. The van der Waals surface area contributed by atoms with Gasteiger partial charge in [0, 0.05) is 5.69 Å². The lowest BCUT2D eigenvalue weighted by Crippen LogP contribution is -2.17. The first-order chi connectivity index (χ1) is 9.45. The molecule has 0 aromatic heterocycles. The van der Waals surface area contributed by atoms with Crippen LogP contribution >= 0.6 is 11.6 Å². The van der Waals surface area contributed by atoms with Crippen molar-refractivity contribution in [2.24, 2.45) is 11.8 Å². The Morgan fingerprint density at radius 2 is 2.10 bits per heavy atom. The molecule has 3 rings (SSSR count). The predicted molar refractivity (Wildman–Crippen MR) is 71.6 cm³/mol. The number of carbonyl (C=O) groups is 3. The van der Waals surface area contributed by atoms with Gasteiger partial charge in [-0.1, -0.05) is 11.6 Å². The van der Waals surface area contributed by atoms with Crippen LogP contribution < -0.4 is 10.6 Å². The van der Waals surface area contributed by atoms with E-state index in [4.69, 9.17) is 16.7 Å². The van der Waals surface area contributed by atoms with Gasteiger partial charge >= 0.3 is 5.97 Å². The molecule has 1 aromatic carbocycles. The van der Waals surface area contributed by atoms with Crippen molar-refractivity contribution in [3.05, 3.63) is 22.7 Å². The third-order valence-corrected chi connectivity index (χ3v) is 3.83. The Labute approximate surface area is 119 Å². The second-order valence-corrected chi connectivity index (χ2v) is 5.40. The van der Waals surface area contributed by atoms with Crippen molar-refractivity contribution in [1.29, 1.82) is 0 Å². The van der Waals surface area contributed by atoms with Crippen LogP contribution in [0, 0.1) is 11.8 Å². The van der Waals surface area contributed by atoms with Crippen LogP contribution in [0.1, 0.15) is 12.0 Å². The van der Waals surface area contributed by atoms with Crippen molar-refractivity contribution >= 4 is 40.8 Å². The summed E-state index contributed by atoms with van der Waals surface area (Å²) in [6.45, 7) is 0. The van der Waals surface area contributed by atoms with Crippen LogP contribution in [0.3, 0.4) is 0 Å². The zero-order valence-electron chi connectivity index (χ0n) is 10.3. The largest absolute Gasteiger partial charge is 0.481 e. The van der Waals surface area contributed by atoms with Crippen molar-refractivity contribution in [1.82, 2.24) is 0 Å². The summed E-state index contributed by atoms with van der Waals surface area (Å²) in [6, 6.07) is 3.23. The van der Waals surface area contributed by atoms with Crippen LogP contribution in [-0.4, -0.2) is 22.9 Å². The molecule has 0 unspecified atom stereocenters. The number of fused-ring (bicyclic) bond motifs is 1. The maximum Gasteiger partial charge on any atom is 0.307 e. The Balaban J connectivity index is 1.76. The lowest BCUT2D eigenvalue weighted by Gasteiger charge is -2.09. The molecule has 1 heterocycles. The number of anilines is 2. The van der Waals surface area contributed by atoms with Crippen LogP contribution in [0.4, 0.5) is 11.4 Å². The van der Waals surface area contributed by atoms with E-state index in [-0.39, 0.29) is 18.2 Å². The lowest BCUT2D eigenvalue weighted by atomic mass is 10.1. The average molecular weight is 295 g/mol. The molecule has 1 aliphatic heterocycles. The zero-order chi connectivity index (χ0) is 14.4. The molecule has 7 heteroatoms. The smallest absolute Gasteiger partial charge is 0.307 e. The normalized spacial score (nSPS) is 22.9. The van der Waals surface area contributed by atoms with Crippen LogP contribution in [0.5, 0.6) is 0 Å². The van der Waals surface area contributed by atoms with E-state index in [1.165, 1.54) is 0 Å². The Morgan fingerprint density at radius 3 is 2.75 bits per heavy atom. The number of nitrogens with one attached hydrogen (secondary N) is 2. The van der Waals surface area contributed by atoms with E-state index in [0.29, 0.717) is 22.8 Å². The molecule has 2 amide bonds. The molecule has 104 valence electrons. The summed E-state index contributed by atoms with van der Waals surface area (Å²) in [5.41, 5.74) is 1.82. The van der Waals surface area contributed by atoms with Gasteiger partial charge in [0.15, 0.2) is 0 Å². The predicted octanol–water partition coefficient (Wildman–Crippen LogP) is 1.49. The molecule has 2 atom stereocenters. The second kappa shape index (κ2) is 4.49. The van der Waals surface area contributed by atoms with Crippen LogP contribution in [0.25, 0.3) is 0 Å². The first-order valence-electron chi connectivity index (χ1n) is 6.11. The molecular weight excluding hydrogens is 284 g/mol. The Hall–Kier alpha value is -2.08. The maximum atomic E-state index is 11.9. The van der Waals surface area contributed by atoms with E-state index >= 15 is 0 Å². The minimum atomic E-state index is -0.958. The lowest BCUT2D eigenvalue weighted by molar-refractivity contribution is -0.139.